The molecule has 0 radical (unpaired) electrons. The van der Waals surface area contributed by atoms with Crippen molar-refractivity contribution in [3.8, 4) is 0 Å². The van der Waals surface area contributed by atoms with Crippen LogP contribution in [-0.4, -0.2) is 11.8 Å². The van der Waals surface area contributed by atoms with E-state index < -0.39 is 0 Å². The van der Waals surface area contributed by atoms with E-state index in [4.69, 9.17) is 29.0 Å². The Morgan fingerprint density at radius 2 is 2.00 bits per heavy atom. The van der Waals surface area contributed by atoms with Crippen molar-refractivity contribution in [3.63, 3.8) is 0 Å². The summed E-state index contributed by atoms with van der Waals surface area (Å²) in [6, 6.07) is 14.1. The van der Waals surface area contributed by atoms with Crippen LogP contribution in [-0.2, 0) is 6.42 Å². The molecular weight excluding hydrogens is 323 g/mol. The second kappa shape index (κ2) is 8.06. The second-order valence-electron chi connectivity index (χ2n) is 4.93. The number of halogens is 2. The molecule has 0 aliphatic rings. The second-order valence-corrected chi connectivity index (χ2v) is 6.87. The van der Waals surface area contributed by atoms with Crippen LogP contribution in [0, 0.1) is 6.92 Å². The van der Waals surface area contributed by atoms with Crippen molar-refractivity contribution in [1.29, 1.82) is 0 Å². The van der Waals surface area contributed by atoms with E-state index in [0.29, 0.717) is 0 Å². The molecule has 21 heavy (non-hydrogen) atoms. The molecule has 2 rings (SSSR count). The number of thioether (sulfide) groups is 1. The Morgan fingerprint density at radius 3 is 2.67 bits per heavy atom. The van der Waals surface area contributed by atoms with Crippen molar-refractivity contribution in [3.05, 3.63) is 63.6 Å². The van der Waals surface area contributed by atoms with Crippen molar-refractivity contribution in [2.45, 2.75) is 24.3 Å². The first-order chi connectivity index (χ1) is 10.1. The van der Waals surface area contributed by atoms with Crippen molar-refractivity contribution < 1.29 is 0 Å². The highest BCUT2D eigenvalue weighted by atomic mass is 35.5. The fraction of sp³-hybridized carbons (Fsp3) is 0.250. The predicted molar refractivity (Wildman–Crippen MR) is 93.2 cm³/mol. The number of hydrogen-bond donors (Lipinski definition) is 2. The standard InChI is InChI=1S/C16H18Cl2N2S/c1-11-5-6-12(16(18)7-11)8-14(20-19)10-21-15-4-2-3-13(17)9-15/h2-7,9,14,20H,8,10,19H2,1H3. The van der Waals surface area contributed by atoms with Gasteiger partial charge in [-0.3, -0.25) is 11.3 Å². The van der Waals surface area contributed by atoms with E-state index in [1.54, 1.807) is 11.8 Å². The summed E-state index contributed by atoms with van der Waals surface area (Å²) in [5.74, 6) is 6.51. The van der Waals surface area contributed by atoms with Gasteiger partial charge in [-0.15, -0.1) is 11.8 Å². The van der Waals surface area contributed by atoms with Gasteiger partial charge in [0.05, 0.1) is 0 Å². The van der Waals surface area contributed by atoms with Gasteiger partial charge in [-0.05, 0) is 48.7 Å². The summed E-state index contributed by atoms with van der Waals surface area (Å²) >= 11 is 14.0. The Bertz CT molecular complexity index is 605. The van der Waals surface area contributed by atoms with Crippen molar-refractivity contribution >= 4 is 35.0 Å². The zero-order chi connectivity index (χ0) is 15.2. The van der Waals surface area contributed by atoms with E-state index in [2.05, 4.69) is 17.6 Å². The van der Waals surface area contributed by atoms with E-state index in [-0.39, 0.29) is 6.04 Å². The maximum absolute atomic E-state index is 6.28. The lowest BCUT2D eigenvalue weighted by Crippen LogP contribution is -2.38. The molecule has 0 amide bonds. The first kappa shape index (κ1) is 16.7. The SMILES string of the molecule is Cc1ccc(CC(CSc2cccc(Cl)c2)NN)c(Cl)c1. The van der Waals surface area contributed by atoms with Crippen LogP contribution >= 0.6 is 35.0 Å². The van der Waals surface area contributed by atoms with Gasteiger partial charge in [0.15, 0.2) is 0 Å². The van der Waals surface area contributed by atoms with Gasteiger partial charge in [0, 0.05) is 26.7 Å². The lowest BCUT2D eigenvalue weighted by atomic mass is 10.1. The third-order valence-electron chi connectivity index (χ3n) is 3.16. The van der Waals surface area contributed by atoms with Crippen molar-refractivity contribution in [2.24, 2.45) is 5.84 Å². The number of benzene rings is 2. The van der Waals surface area contributed by atoms with Crippen LogP contribution in [0.4, 0.5) is 0 Å². The number of hydrogen-bond acceptors (Lipinski definition) is 3. The number of rotatable bonds is 6. The molecule has 0 saturated heterocycles. The van der Waals surface area contributed by atoms with Crippen LogP contribution in [0.5, 0.6) is 0 Å². The van der Waals surface area contributed by atoms with E-state index >= 15 is 0 Å². The summed E-state index contributed by atoms with van der Waals surface area (Å²) in [7, 11) is 0. The fourth-order valence-electron chi connectivity index (χ4n) is 2.00. The van der Waals surface area contributed by atoms with Crippen LogP contribution < -0.4 is 11.3 Å². The zero-order valence-corrected chi connectivity index (χ0v) is 14.1. The van der Waals surface area contributed by atoms with E-state index in [0.717, 1.165) is 38.2 Å². The summed E-state index contributed by atoms with van der Waals surface area (Å²) in [6.45, 7) is 2.03. The first-order valence-corrected chi connectivity index (χ1v) is 8.42. The van der Waals surface area contributed by atoms with Gasteiger partial charge >= 0.3 is 0 Å². The Hall–Kier alpha value is -0.710. The average Bonchev–Trinajstić information content (AvgIpc) is 2.45. The lowest BCUT2D eigenvalue weighted by Gasteiger charge is -2.16. The normalized spacial score (nSPS) is 12.4. The van der Waals surface area contributed by atoms with Gasteiger partial charge in [0.25, 0.3) is 0 Å². The summed E-state index contributed by atoms with van der Waals surface area (Å²) in [6.07, 6.45) is 0.795. The summed E-state index contributed by atoms with van der Waals surface area (Å²) in [5.41, 5.74) is 5.13. The summed E-state index contributed by atoms with van der Waals surface area (Å²) in [5, 5.41) is 1.54. The number of nitrogens with two attached hydrogens (primary N) is 1. The summed E-state index contributed by atoms with van der Waals surface area (Å²) < 4.78 is 0. The molecule has 2 aromatic carbocycles. The molecule has 5 heteroatoms. The average molecular weight is 341 g/mol. The molecule has 2 nitrogen and oxygen atoms in total. The highest BCUT2D eigenvalue weighted by Crippen LogP contribution is 2.24. The lowest BCUT2D eigenvalue weighted by molar-refractivity contribution is 0.575. The Balaban J connectivity index is 1.97. The number of hydrazine groups is 1. The molecule has 0 aromatic heterocycles. The molecule has 0 aliphatic heterocycles. The Morgan fingerprint density at radius 1 is 1.19 bits per heavy atom. The molecule has 3 N–H and O–H groups in total. The molecule has 0 heterocycles. The third-order valence-corrected chi connectivity index (χ3v) is 4.90. The first-order valence-electron chi connectivity index (χ1n) is 6.68. The van der Waals surface area contributed by atoms with Crippen molar-refractivity contribution in [2.75, 3.05) is 5.75 Å². The Labute approximate surface area is 140 Å². The highest BCUT2D eigenvalue weighted by molar-refractivity contribution is 7.99. The van der Waals surface area contributed by atoms with Crippen LogP contribution in [0.3, 0.4) is 0 Å². The van der Waals surface area contributed by atoms with Gasteiger partial charge in [-0.25, -0.2) is 0 Å². The van der Waals surface area contributed by atoms with Crippen molar-refractivity contribution in [1.82, 2.24) is 5.43 Å². The van der Waals surface area contributed by atoms with Gasteiger partial charge in [-0.1, -0.05) is 41.4 Å². The summed E-state index contributed by atoms with van der Waals surface area (Å²) in [4.78, 5) is 1.14. The third kappa shape index (κ3) is 5.20. The molecule has 0 bridgehead atoms. The minimum Gasteiger partial charge on any atom is -0.271 e. The van der Waals surface area contributed by atoms with Gasteiger partial charge in [0.1, 0.15) is 0 Å². The molecule has 112 valence electrons. The number of nitrogens with one attached hydrogen (secondary N) is 1. The molecule has 1 unspecified atom stereocenters. The zero-order valence-electron chi connectivity index (χ0n) is 11.8. The van der Waals surface area contributed by atoms with E-state index in [1.165, 1.54) is 0 Å². The molecule has 1 atom stereocenters. The highest BCUT2D eigenvalue weighted by Gasteiger charge is 2.11. The van der Waals surface area contributed by atoms with E-state index in [1.807, 2.05) is 37.3 Å². The van der Waals surface area contributed by atoms with Gasteiger partial charge < -0.3 is 0 Å². The topological polar surface area (TPSA) is 38.0 Å². The Kier molecular flexibility index (Phi) is 6.40. The predicted octanol–water partition coefficient (Wildman–Crippen LogP) is 4.47. The van der Waals surface area contributed by atoms with Crippen LogP contribution in [0.1, 0.15) is 11.1 Å². The molecule has 0 aliphatic carbocycles. The van der Waals surface area contributed by atoms with Crippen LogP contribution in [0.2, 0.25) is 10.0 Å². The van der Waals surface area contributed by atoms with Gasteiger partial charge in [-0.2, -0.15) is 0 Å². The molecule has 0 fully saturated rings. The minimum atomic E-state index is 0.147. The smallest absolute Gasteiger partial charge is 0.0441 e. The largest absolute Gasteiger partial charge is 0.271 e. The van der Waals surface area contributed by atoms with Crippen LogP contribution in [0.25, 0.3) is 0 Å². The molecule has 0 spiro atoms. The number of aryl methyl sites for hydroxylation is 1. The maximum atomic E-state index is 6.28. The van der Waals surface area contributed by atoms with Gasteiger partial charge in [0.2, 0.25) is 0 Å². The molecule has 2 aromatic rings. The molecular formula is C16H18Cl2N2S. The quantitative estimate of drug-likeness (QED) is 0.463. The maximum Gasteiger partial charge on any atom is 0.0441 e. The van der Waals surface area contributed by atoms with E-state index in [9.17, 15) is 0 Å². The molecule has 0 saturated carbocycles. The van der Waals surface area contributed by atoms with Crippen LogP contribution in [0.15, 0.2) is 47.4 Å². The fourth-order valence-corrected chi connectivity index (χ4v) is 3.56. The monoisotopic (exact) mass is 340 g/mol. The minimum absolute atomic E-state index is 0.147.